The normalized spacial score (nSPS) is 17.3. The van der Waals surface area contributed by atoms with Gasteiger partial charge < -0.3 is 14.8 Å². The molecule has 0 fully saturated rings. The summed E-state index contributed by atoms with van der Waals surface area (Å²) in [6.07, 6.45) is 0. The van der Waals surface area contributed by atoms with Crippen molar-refractivity contribution in [3.63, 3.8) is 0 Å². The number of fused-ring (bicyclic) bond motifs is 2. The minimum atomic E-state index is -0.566. The topological polar surface area (TPSA) is 88.4 Å². The van der Waals surface area contributed by atoms with E-state index in [0.717, 1.165) is 16.8 Å². The van der Waals surface area contributed by atoms with Crippen LogP contribution in [0.3, 0.4) is 0 Å². The van der Waals surface area contributed by atoms with Gasteiger partial charge in [-0.1, -0.05) is 36.4 Å². The highest BCUT2D eigenvalue weighted by Gasteiger charge is 2.42. The fourth-order valence-corrected chi connectivity index (χ4v) is 3.91. The summed E-state index contributed by atoms with van der Waals surface area (Å²) in [4.78, 5) is 25.9. The Bertz CT molecular complexity index is 1120. The molecule has 1 N–H and O–H groups in total. The van der Waals surface area contributed by atoms with E-state index in [4.69, 9.17) is 14.7 Å². The van der Waals surface area contributed by atoms with Crippen molar-refractivity contribution in [1.82, 2.24) is 5.32 Å². The minimum absolute atomic E-state index is 0.0534. The number of nitrogens with zero attached hydrogens (tertiary/aromatic N) is 1. The first-order chi connectivity index (χ1) is 14.1. The van der Waals surface area contributed by atoms with Crippen LogP contribution in [-0.2, 0) is 9.53 Å². The highest BCUT2D eigenvalue weighted by molar-refractivity contribution is 6.23. The lowest BCUT2D eigenvalue weighted by molar-refractivity contribution is -0.136. The van der Waals surface area contributed by atoms with Gasteiger partial charge in [0.25, 0.3) is 0 Å². The predicted molar refractivity (Wildman–Crippen MR) is 106 cm³/mol. The number of benzene rings is 2. The molecule has 0 amide bonds. The molecular weight excluding hydrogens is 368 g/mol. The highest BCUT2D eigenvalue weighted by Crippen LogP contribution is 2.46. The summed E-state index contributed by atoms with van der Waals surface area (Å²) in [6.45, 7) is 1.75. The lowest BCUT2D eigenvalue weighted by Gasteiger charge is -2.29. The number of methoxy groups -OCH3 is 1. The van der Waals surface area contributed by atoms with Gasteiger partial charge in [-0.3, -0.25) is 4.79 Å². The van der Waals surface area contributed by atoms with Crippen LogP contribution >= 0.6 is 0 Å². The maximum atomic E-state index is 13.3. The molecule has 4 rings (SSSR count). The molecule has 6 nitrogen and oxygen atoms in total. The van der Waals surface area contributed by atoms with Crippen molar-refractivity contribution in [2.45, 2.75) is 12.8 Å². The van der Waals surface area contributed by atoms with E-state index in [0.29, 0.717) is 28.2 Å². The second kappa shape index (κ2) is 7.28. The Morgan fingerprint density at radius 1 is 1.14 bits per heavy atom. The van der Waals surface area contributed by atoms with Gasteiger partial charge in [0.05, 0.1) is 18.4 Å². The lowest BCUT2D eigenvalue weighted by Crippen LogP contribution is -2.29. The van der Waals surface area contributed by atoms with Gasteiger partial charge >= 0.3 is 5.97 Å². The minimum Gasteiger partial charge on any atom is -0.479 e. The van der Waals surface area contributed by atoms with Gasteiger partial charge in [0, 0.05) is 28.3 Å². The molecule has 0 saturated carbocycles. The van der Waals surface area contributed by atoms with Gasteiger partial charge in [0.1, 0.15) is 11.8 Å². The van der Waals surface area contributed by atoms with Crippen molar-refractivity contribution in [2.75, 3.05) is 13.7 Å². The molecule has 144 valence electrons. The number of dihydropyridines is 1. The second-order valence-corrected chi connectivity index (χ2v) is 6.77. The highest BCUT2D eigenvalue weighted by atomic mass is 16.5. The quantitative estimate of drug-likeness (QED) is 0.811. The Hall–Kier alpha value is -3.85. The summed E-state index contributed by atoms with van der Waals surface area (Å²) in [5, 5.41) is 11.9. The maximum Gasteiger partial charge on any atom is 0.336 e. The molecule has 2 aromatic rings. The molecule has 1 heterocycles. The number of Topliss-reactive ketones (excluding diaryl/α,β-unsaturated/α-hetero) is 1. The van der Waals surface area contributed by atoms with Crippen LogP contribution in [0, 0.1) is 11.3 Å². The Balaban J connectivity index is 1.85. The molecule has 0 unspecified atom stereocenters. The van der Waals surface area contributed by atoms with Crippen LogP contribution in [-0.4, -0.2) is 25.5 Å². The zero-order chi connectivity index (χ0) is 20.5. The van der Waals surface area contributed by atoms with E-state index in [-0.39, 0.29) is 12.4 Å². The Morgan fingerprint density at radius 2 is 1.83 bits per heavy atom. The van der Waals surface area contributed by atoms with Crippen LogP contribution in [0.4, 0.5) is 0 Å². The van der Waals surface area contributed by atoms with Crippen LogP contribution < -0.4 is 10.1 Å². The third kappa shape index (κ3) is 2.97. The third-order valence-corrected chi connectivity index (χ3v) is 5.17. The number of nitrogens with one attached hydrogen (secondary N) is 1. The van der Waals surface area contributed by atoms with Crippen LogP contribution in [0.1, 0.15) is 34.3 Å². The molecule has 0 bridgehead atoms. The van der Waals surface area contributed by atoms with Crippen molar-refractivity contribution in [3.05, 3.63) is 82.1 Å². The number of rotatable bonds is 4. The first kappa shape index (κ1) is 18.5. The predicted octanol–water partition coefficient (Wildman–Crippen LogP) is 3.33. The average Bonchev–Trinajstić information content (AvgIpc) is 3.03. The Kier molecular flexibility index (Phi) is 4.65. The molecule has 1 aliphatic heterocycles. The van der Waals surface area contributed by atoms with Gasteiger partial charge in [0.15, 0.2) is 12.4 Å². The largest absolute Gasteiger partial charge is 0.479 e. The lowest BCUT2D eigenvalue weighted by atomic mass is 9.80. The fourth-order valence-electron chi connectivity index (χ4n) is 3.91. The molecule has 0 aromatic heterocycles. The van der Waals surface area contributed by atoms with Gasteiger partial charge in [-0.15, -0.1) is 0 Å². The summed E-state index contributed by atoms with van der Waals surface area (Å²) in [7, 11) is 1.33. The molecule has 1 atom stereocenters. The fraction of sp³-hybridized carbons (Fsp3) is 0.174. The van der Waals surface area contributed by atoms with E-state index >= 15 is 0 Å². The summed E-state index contributed by atoms with van der Waals surface area (Å²) in [5.41, 5.74) is 4.52. The summed E-state index contributed by atoms with van der Waals surface area (Å²) in [5.74, 6) is -0.615. The van der Waals surface area contributed by atoms with Crippen molar-refractivity contribution in [2.24, 2.45) is 0 Å². The van der Waals surface area contributed by atoms with Gasteiger partial charge in [-0.05, 0) is 24.6 Å². The standard InChI is InChI=1S/C23H18N2O4/c1-13-18(23(27)28-2)19(14-7-9-15(10-8-14)29-12-11-24)20-21(25-13)16-5-3-4-6-17(16)22(20)26/h3-10,19,25H,12H2,1-2H3/t19-/m0/s1. The number of ketones is 1. The zero-order valence-electron chi connectivity index (χ0n) is 16.0. The van der Waals surface area contributed by atoms with Crippen LogP contribution in [0.25, 0.3) is 5.70 Å². The summed E-state index contributed by atoms with van der Waals surface area (Å²) < 4.78 is 10.3. The molecule has 1 aliphatic carbocycles. The number of nitriles is 1. The number of esters is 1. The van der Waals surface area contributed by atoms with E-state index in [1.54, 1.807) is 37.3 Å². The van der Waals surface area contributed by atoms with Gasteiger partial charge in [0.2, 0.25) is 0 Å². The summed E-state index contributed by atoms with van der Waals surface area (Å²) in [6, 6.07) is 16.4. The zero-order valence-corrected chi connectivity index (χ0v) is 16.0. The first-order valence-electron chi connectivity index (χ1n) is 9.11. The number of allylic oxidation sites excluding steroid dienone is 2. The molecule has 0 radical (unpaired) electrons. The second-order valence-electron chi connectivity index (χ2n) is 6.77. The molecule has 0 saturated heterocycles. The molecule has 6 heteroatoms. The number of carbonyl (C=O) groups is 2. The van der Waals surface area contributed by atoms with Gasteiger partial charge in [-0.2, -0.15) is 5.26 Å². The van der Waals surface area contributed by atoms with Crippen LogP contribution in [0.5, 0.6) is 5.75 Å². The van der Waals surface area contributed by atoms with Crippen molar-refractivity contribution in [1.29, 1.82) is 5.26 Å². The number of hydrogen-bond acceptors (Lipinski definition) is 6. The van der Waals surface area contributed by atoms with E-state index in [1.807, 2.05) is 24.3 Å². The summed E-state index contributed by atoms with van der Waals surface area (Å²) >= 11 is 0. The molecule has 0 spiro atoms. The SMILES string of the molecule is COC(=O)C1=C(C)NC2=C(C(=O)c3ccccc32)[C@H]1c1ccc(OCC#N)cc1. The maximum absolute atomic E-state index is 13.3. The van der Waals surface area contributed by atoms with Crippen molar-refractivity contribution < 1.29 is 19.1 Å². The van der Waals surface area contributed by atoms with Crippen LogP contribution in [0.15, 0.2) is 65.4 Å². The third-order valence-electron chi connectivity index (χ3n) is 5.17. The van der Waals surface area contributed by atoms with E-state index in [9.17, 15) is 9.59 Å². The number of hydrogen-bond donors (Lipinski definition) is 1. The molecule has 2 aromatic carbocycles. The van der Waals surface area contributed by atoms with E-state index in [2.05, 4.69) is 5.32 Å². The van der Waals surface area contributed by atoms with E-state index < -0.39 is 11.9 Å². The van der Waals surface area contributed by atoms with Gasteiger partial charge in [-0.25, -0.2) is 4.79 Å². The Morgan fingerprint density at radius 3 is 2.48 bits per heavy atom. The Labute approximate surface area is 168 Å². The van der Waals surface area contributed by atoms with Crippen molar-refractivity contribution >= 4 is 17.4 Å². The van der Waals surface area contributed by atoms with Crippen molar-refractivity contribution in [3.8, 4) is 11.8 Å². The first-order valence-corrected chi connectivity index (χ1v) is 9.11. The molecule has 29 heavy (non-hydrogen) atoms. The monoisotopic (exact) mass is 386 g/mol. The number of ether oxygens (including phenoxy) is 2. The molecular formula is C23H18N2O4. The smallest absolute Gasteiger partial charge is 0.336 e. The number of carbonyl (C=O) groups excluding carboxylic acids is 2. The van der Waals surface area contributed by atoms with Crippen LogP contribution in [0.2, 0.25) is 0 Å². The molecule has 2 aliphatic rings. The van der Waals surface area contributed by atoms with E-state index in [1.165, 1.54) is 7.11 Å². The average molecular weight is 386 g/mol.